The largest absolute Gasteiger partial charge is 0.493 e. The summed E-state index contributed by atoms with van der Waals surface area (Å²) in [6.07, 6.45) is 2.15. The lowest BCUT2D eigenvalue weighted by molar-refractivity contribution is 0.308. The Balaban J connectivity index is 2.05. The highest BCUT2D eigenvalue weighted by Crippen LogP contribution is 2.32. The zero-order valence-electron chi connectivity index (χ0n) is 10.6. The molecule has 2 rings (SSSR count). The van der Waals surface area contributed by atoms with Crippen LogP contribution in [0.3, 0.4) is 0 Å². The Hall–Kier alpha value is -1.06. The van der Waals surface area contributed by atoms with E-state index in [2.05, 4.69) is 30.1 Å². The van der Waals surface area contributed by atoms with Crippen LogP contribution < -0.4 is 10.5 Å². The first-order valence-corrected chi connectivity index (χ1v) is 6.41. The van der Waals surface area contributed by atoms with Gasteiger partial charge in [0.05, 0.1) is 6.61 Å². The Labute approximate surface area is 104 Å². The number of nitrogens with zero attached hydrogens (tertiary/aromatic N) is 1. The molecule has 0 aromatic heterocycles. The maximum Gasteiger partial charge on any atom is 0.122 e. The molecule has 1 saturated heterocycles. The number of likely N-dealkylation sites (N-methyl/N-ethyl adjacent to an activating group) is 1. The van der Waals surface area contributed by atoms with Gasteiger partial charge in [-0.2, -0.15) is 0 Å². The van der Waals surface area contributed by atoms with Gasteiger partial charge in [-0.3, -0.25) is 0 Å². The summed E-state index contributed by atoms with van der Waals surface area (Å²) >= 11 is 0. The molecule has 3 heteroatoms. The van der Waals surface area contributed by atoms with Crippen molar-refractivity contribution in [3.05, 3.63) is 29.8 Å². The lowest BCUT2D eigenvalue weighted by atomic mass is 9.97. The minimum absolute atomic E-state index is 0.620. The number of hydrogen-bond donors (Lipinski definition) is 1. The van der Waals surface area contributed by atoms with E-state index in [-0.39, 0.29) is 0 Å². The number of nitrogens with two attached hydrogens (primary N) is 1. The third kappa shape index (κ3) is 3.20. The van der Waals surface area contributed by atoms with Gasteiger partial charge in [0.2, 0.25) is 0 Å². The number of para-hydroxylation sites is 1. The van der Waals surface area contributed by atoms with Gasteiger partial charge in [0.25, 0.3) is 0 Å². The van der Waals surface area contributed by atoms with Gasteiger partial charge in [-0.05, 0) is 44.6 Å². The fourth-order valence-corrected chi connectivity index (χ4v) is 2.40. The summed E-state index contributed by atoms with van der Waals surface area (Å²) in [5.41, 5.74) is 6.84. The van der Waals surface area contributed by atoms with Gasteiger partial charge < -0.3 is 15.4 Å². The summed E-state index contributed by atoms with van der Waals surface area (Å²) in [4.78, 5) is 2.38. The van der Waals surface area contributed by atoms with Crippen LogP contribution in [-0.2, 0) is 0 Å². The van der Waals surface area contributed by atoms with Crippen molar-refractivity contribution < 1.29 is 4.74 Å². The molecule has 1 aromatic carbocycles. The van der Waals surface area contributed by atoms with E-state index in [9.17, 15) is 0 Å². The van der Waals surface area contributed by atoms with Crippen molar-refractivity contribution in [3.63, 3.8) is 0 Å². The Kier molecular flexibility index (Phi) is 4.40. The highest BCUT2D eigenvalue weighted by molar-refractivity contribution is 5.37. The van der Waals surface area contributed by atoms with E-state index < -0.39 is 0 Å². The van der Waals surface area contributed by atoms with Crippen LogP contribution in [0.5, 0.6) is 5.75 Å². The van der Waals surface area contributed by atoms with Crippen molar-refractivity contribution in [2.24, 2.45) is 5.73 Å². The number of hydrogen-bond acceptors (Lipinski definition) is 3. The lowest BCUT2D eigenvalue weighted by Crippen LogP contribution is -2.14. The predicted molar refractivity (Wildman–Crippen MR) is 70.5 cm³/mol. The molecule has 0 aliphatic carbocycles. The molecule has 17 heavy (non-hydrogen) atoms. The van der Waals surface area contributed by atoms with E-state index >= 15 is 0 Å². The molecule has 1 aliphatic rings. The van der Waals surface area contributed by atoms with Crippen molar-refractivity contribution in [2.45, 2.75) is 18.8 Å². The van der Waals surface area contributed by atoms with Crippen LogP contribution in [0.1, 0.15) is 24.3 Å². The average molecular weight is 234 g/mol. The van der Waals surface area contributed by atoms with Crippen LogP contribution in [0.15, 0.2) is 24.3 Å². The summed E-state index contributed by atoms with van der Waals surface area (Å²) in [7, 11) is 2.18. The maximum absolute atomic E-state index is 5.83. The molecule has 1 heterocycles. The van der Waals surface area contributed by atoms with Gasteiger partial charge in [0, 0.05) is 12.5 Å². The molecule has 1 unspecified atom stereocenters. The Morgan fingerprint density at radius 2 is 2.24 bits per heavy atom. The number of likely N-dealkylation sites (tertiary alicyclic amines) is 1. The van der Waals surface area contributed by atoms with Gasteiger partial charge in [0.1, 0.15) is 5.75 Å². The van der Waals surface area contributed by atoms with E-state index in [1.807, 2.05) is 6.07 Å². The fraction of sp³-hybridized carbons (Fsp3) is 0.571. The molecule has 0 saturated carbocycles. The second-order valence-corrected chi connectivity index (χ2v) is 4.78. The normalized spacial score (nSPS) is 20.7. The van der Waals surface area contributed by atoms with Crippen molar-refractivity contribution in [1.82, 2.24) is 4.90 Å². The first kappa shape index (κ1) is 12.4. The summed E-state index contributed by atoms with van der Waals surface area (Å²) in [6.45, 7) is 3.73. The van der Waals surface area contributed by atoms with E-state index in [0.29, 0.717) is 12.5 Å². The van der Waals surface area contributed by atoms with Gasteiger partial charge in [-0.1, -0.05) is 18.2 Å². The second-order valence-electron chi connectivity index (χ2n) is 4.78. The van der Waals surface area contributed by atoms with Crippen molar-refractivity contribution >= 4 is 0 Å². The molecule has 1 aliphatic heterocycles. The average Bonchev–Trinajstić information content (AvgIpc) is 2.77. The molecular formula is C14H22N2O. The molecule has 0 spiro atoms. The van der Waals surface area contributed by atoms with Crippen LogP contribution in [0.25, 0.3) is 0 Å². The van der Waals surface area contributed by atoms with Gasteiger partial charge in [0.15, 0.2) is 0 Å². The van der Waals surface area contributed by atoms with Crippen molar-refractivity contribution in [2.75, 3.05) is 33.3 Å². The quantitative estimate of drug-likeness (QED) is 0.790. The molecule has 0 radical (unpaired) electrons. The first-order valence-electron chi connectivity index (χ1n) is 6.41. The molecular weight excluding hydrogens is 212 g/mol. The number of ether oxygens (including phenoxy) is 1. The van der Waals surface area contributed by atoms with Crippen LogP contribution in [-0.4, -0.2) is 38.2 Å². The molecule has 3 nitrogen and oxygen atoms in total. The molecule has 94 valence electrons. The summed E-state index contributed by atoms with van der Waals surface area (Å²) < 4.78 is 5.83. The summed E-state index contributed by atoms with van der Waals surface area (Å²) in [6, 6.07) is 8.41. The van der Waals surface area contributed by atoms with Crippen LogP contribution in [0, 0.1) is 0 Å². The minimum atomic E-state index is 0.620. The SMILES string of the molecule is CN1CCC(c2ccccc2OCCCN)C1. The number of benzene rings is 1. The Bertz CT molecular complexity index is 354. The van der Waals surface area contributed by atoms with Crippen LogP contribution >= 0.6 is 0 Å². The molecule has 1 aromatic rings. The highest BCUT2D eigenvalue weighted by atomic mass is 16.5. The van der Waals surface area contributed by atoms with Gasteiger partial charge >= 0.3 is 0 Å². The minimum Gasteiger partial charge on any atom is -0.493 e. The number of rotatable bonds is 5. The van der Waals surface area contributed by atoms with E-state index in [1.54, 1.807) is 0 Å². The topological polar surface area (TPSA) is 38.5 Å². The molecule has 1 atom stereocenters. The van der Waals surface area contributed by atoms with Crippen molar-refractivity contribution in [3.8, 4) is 5.75 Å². The third-order valence-corrected chi connectivity index (χ3v) is 3.36. The smallest absolute Gasteiger partial charge is 0.122 e. The van der Waals surface area contributed by atoms with Crippen LogP contribution in [0.2, 0.25) is 0 Å². The standard InChI is InChI=1S/C14H22N2O/c1-16-9-7-12(11-16)13-5-2-3-6-14(13)17-10-4-8-15/h2-3,5-6,12H,4,7-11,15H2,1H3. The van der Waals surface area contributed by atoms with E-state index in [1.165, 1.54) is 18.5 Å². The summed E-state index contributed by atoms with van der Waals surface area (Å²) in [5.74, 6) is 1.66. The Morgan fingerprint density at radius 1 is 1.41 bits per heavy atom. The van der Waals surface area contributed by atoms with Crippen molar-refractivity contribution in [1.29, 1.82) is 0 Å². The van der Waals surface area contributed by atoms with Gasteiger partial charge in [-0.15, -0.1) is 0 Å². The highest BCUT2D eigenvalue weighted by Gasteiger charge is 2.23. The molecule has 0 amide bonds. The van der Waals surface area contributed by atoms with E-state index in [0.717, 1.165) is 25.3 Å². The van der Waals surface area contributed by atoms with Gasteiger partial charge in [-0.25, -0.2) is 0 Å². The second kappa shape index (κ2) is 6.03. The zero-order chi connectivity index (χ0) is 12.1. The van der Waals surface area contributed by atoms with Crippen LogP contribution in [0.4, 0.5) is 0 Å². The fourth-order valence-electron chi connectivity index (χ4n) is 2.40. The summed E-state index contributed by atoms with van der Waals surface area (Å²) in [5, 5.41) is 0. The lowest BCUT2D eigenvalue weighted by Gasteiger charge is -2.16. The molecule has 1 fully saturated rings. The monoisotopic (exact) mass is 234 g/mol. The molecule has 0 bridgehead atoms. The van der Waals surface area contributed by atoms with E-state index in [4.69, 9.17) is 10.5 Å². The predicted octanol–water partition coefficient (Wildman–Crippen LogP) is 1.83. The maximum atomic E-state index is 5.83. The first-order chi connectivity index (χ1) is 8.31. The third-order valence-electron chi connectivity index (χ3n) is 3.36. The molecule has 2 N–H and O–H groups in total. The Morgan fingerprint density at radius 3 is 2.94 bits per heavy atom. The zero-order valence-corrected chi connectivity index (χ0v) is 10.6.